The molecule has 0 spiro atoms. The van der Waals surface area contributed by atoms with Gasteiger partial charge < -0.3 is 0 Å². The molecule has 0 bridgehead atoms. The second-order valence-electron chi connectivity index (χ2n) is 2.03. The minimum atomic E-state index is 0.885. The van der Waals surface area contributed by atoms with Gasteiger partial charge in [-0.15, -0.1) is 0 Å². The molecule has 0 aliphatic rings. The predicted octanol–water partition coefficient (Wildman–Crippen LogP) is 1.46. The summed E-state index contributed by atoms with van der Waals surface area (Å²) in [5.74, 6) is 0. The Bertz CT molecular complexity index is 401. The standard InChI is InChI=1S/C7H5NOSe/c10-7-5-3-1-2-4-6(5)9-8-7/h1-4H,(H,8,10). The fourth-order valence-corrected chi connectivity index (χ4v) is 1.34. The summed E-state index contributed by atoms with van der Waals surface area (Å²) in [5.41, 5.74) is 0.885. The average Bonchev–Trinajstić information content (AvgIpc) is 2.34. The molecular weight excluding hydrogens is 193 g/mol. The second-order valence-corrected chi connectivity index (χ2v) is 2.89. The molecule has 0 radical (unpaired) electrons. The number of para-hydroxylation sites is 1. The first-order valence-corrected chi connectivity index (χ1v) is 3.80. The molecular formula is C7H5NOSe. The van der Waals surface area contributed by atoms with E-state index in [4.69, 9.17) is 4.52 Å². The van der Waals surface area contributed by atoms with Crippen LogP contribution in [0.5, 0.6) is 0 Å². The van der Waals surface area contributed by atoms with Crippen LogP contribution in [0.2, 0.25) is 0 Å². The molecule has 1 N–H and O–H groups in total. The Morgan fingerprint density at radius 3 is 2.90 bits per heavy atom. The summed E-state index contributed by atoms with van der Waals surface area (Å²) in [6, 6.07) is 7.85. The van der Waals surface area contributed by atoms with Crippen molar-refractivity contribution >= 4 is 26.5 Å². The Balaban J connectivity index is 3.07. The number of nitrogens with one attached hydrogen (secondary N) is 1. The molecule has 1 heterocycles. The first-order valence-electron chi connectivity index (χ1n) is 2.94. The van der Waals surface area contributed by atoms with Gasteiger partial charge in [0.25, 0.3) is 0 Å². The molecule has 1 aromatic heterocycles. The van der Waals surface area contributed by atoms with Gasteiger partial charge in [0.1, 0.15) is 0 Å². The van der Waals surface area contributed by atoms with Gasteiger partial charge in [0.2, 0.25) is 0 Å². The van der Waals surface area contributed by atoms with Crippen molar-refractivity contribution in [3.63, 3.8) is 0 Å². The van der Waals surface area contributed by atoms with Gasteiger partial charge in [-0.05, 0) is 0 Å². The van der Waals surface area contributed by atoms with E-state index in [0.717, 1.165) is 15.2 Å². The third-order valence-electron chi connectivity index (χ3n) is 1.39. The van der Waals surface area contributed by atoms with Crippen molar-refractivity contribution in [2.45, 2.75) is 0 Å². The molecule has 0 saturated heterocycles. The summed E-state index contributed by atoms with van der Waals surface area (Å²) < 4.78 is 6.05. The fourth-order valence-electron chi connectivity index (χ4n) is 0.900. The predicted molar refractivity (Wildman–Crippen MR) is 39.6 cm³/mol. The van der Waals surface area contributed by atoms with E-state index in [9.17, 15) is 0 Å². The van der Waals surface area contributed by atoms with E-state index in [-0.39, 0.29) is 0 Å². The first kappa shape index (κ1) is 5.95. The third-order valence-corrected chi connectivity index (χ3v) is 2.02. The van der Waals surface area contributed by atoms with Gasteiger partial charge in [-0.25, -0.2) is 0 Å². The number of hydrogen-bond donors (Lipinski definition) is 1. The van der Waals surface area contributed by atoms with E-state index in [1.54, 1.807) is 0 Å². The number of rotatable bonds is 0. The van der Waals surface area contributed by atoms with Crippen LogP contribution in [0.3, 0.4) is 0 Å². The summed E-state index contributed by atoms with van der Waals surface area (Å²) in [6.45, 7) is 0. The van der Waals surface area contributed by atoms with Crippen LogP contribution in [0.1, 0.15) is 0 Å². The molecule has 3 heteroatoms. The quantitative estimate of drug-likeness (QED) is 0.638. The number of hydrogen-bond acceptors (Lipinski definition) is 1. The molecule has 0 unspecified atom stereocenters. The van der Waals surface area contributed by atoms with Crippen LogP contribution in [0.25, 0.3) is 11.0 Å². The molecule has 0 amide bonds. The van der Waals surface area contributed by atoms with E-state index in [1.807, 2.05) is 24.3 Å². The molecule has 2 nitrogen and oxygen atoms in total. The number of H-pyrrole nitrogens is 1. The Morgan fingerprint density at radius 1 is 1.30 bits per heavy atom. The zero-order valence-electron chi connectivity index (χ0n) is 5.13. The molecule has 0 aliphatic heterocycles. The zero-order chi connectivity index (χ0) is 6.97. The summed E-state index contributed by atoms with van der Waals surface area (Å²) in [6.07, 6.45) is 0. The Kier molecular flexibility index (Phi) is 1.26. The van der Waals surface area contributed by atoms with Gasteiger partial charge in [0.15, 0.2) is 0 Å². The van der Waals surface area contributed by atoms with Crippen molar-refractivity contribution in [2.24, 2.45) is 0 Å². The number of fused-ring (bicyclic) bond motifs is 1. The van der Waals surface area contributed by atoms with Gasteiger partial charge in [-0.3, -0.25) is 0 Å². The average molecular weight is 198 g/mol. The zero-order valence-corrected chi connectivity index (χ0v) is 6.84. The van der Waals surface area contributed by atoms with Crippen molar-refractivity contribution in [1.29, 1.82) is 0 Å². The normalized spacial score (nSPS) is 10.4. The van der Waals surface area contributed by atoms with Gasteiger partial charge >= 0.3 is 64.7 Å². The van der Waals surface area contributed by atoms with Gasteiger partial charge in [0.05, 0.1) is 0 Å². The van der Waals surface area contributed by atoms with Crippen molar-refractivity contribution in [3.8, 4) is 0 Å². The van der Waals surface area contributed by atoms with Crippen molar-refractivity contribution in [1.82, 2.24) is 5.16 Å². The maximum atomic E-state index is 5.09. The number of benzene rings is 1. The summed E-state index contributed by atoms with van der Waals surface area (Å²) in [5, 5.41) is 3.85. The molecule has 0 fully saturated rings. The van der Waals surface area contributed by atoms with E-state index in [1.165, 1.54) is 0 Å². The number of aromatic amines is 1. The van der Waals surface area contributed by atoms with Crippen LogP contribution >= 0.6 is 0 Å². The topological polar surface area (TPSA) is 28.9 Å². The molecule has 0 aliphatic carbocycles. The van der Waals surface area contributed by atoms with Crippen molar-refractivity contribution in [2.75, 3.05) is 0 Å². The first-order chi connectivity index (χ1) is 4.88. The van der Waals surface area contributed by atoms with E-state index in [0.29, 0.717) is 0 Å². The molecule has 10 heavy (non-hydrogen) atoms. The number of aromatic nitrogens is 1. The van der Waals surface area contributed by atoms with Gasteiger partial charge in [-0.2, -0.15) is 0 Å². The maximum absolute atomic E-state index is 5.09. The van der Waals surface area contributed by atoms with Crippen LogP contribution in [0, 0.1) is 4.19 Å². The fraction of sp³-hybridized carbons (Fsp3) is 0. The molecule has 0 atom stereocenters. The minimum absolute atomic E-state index is 0.885. The Labute approximate surface area is 65.2 Å². The summed E-state index contributed by atoms with van der Waals surface area (Å²) in [4.78, 5) is 0. The Morgan fingerprint density at radius 2 is 2.10 bits per heavy atom. The van der Waals surface area contributed by atoms with Crippen LogP contribution in [-0.4, -0.2) is 20.7 Å². The van der Waals surface area contributed by atoms with E-state index < -0.39 is 0 Å². The van der Waals surface area contributed by atoms with Crippen molar-refractivity contribution in [3.05, 3.63) is 28.5 Å². The molecule has 2 aromatic rings. The van der Waals surface area contributed by atoms with Gasteiger partial charge in [-0.1, -0.05) is 0 Å². The van der Waals surface area contributed by atoms with Crippen molar-refractivity contribution < 1.29 is 4.52 Å². The van der Waals surface area contributed by atoms with Crippen LogP contribution in [0.4, 0.5) is 0 Å². The summed E-state index contributed by atoms with van der Waals surface area (Å²) in [7, 11) is 0. The monoisotopic (exact) mass is 199 g/mol. The molecule has 50 valence electrons. The Hall–Kier alpha value is -0.791. The second kappa shape index (κ2) is 2.11. The molecule has 1 aromatic carbocycles. The van der Waals surface area contributed by atoms with Crippen LogP contribution in [-0.2, 0) is 0 Å². The third kappa shape index (κ3) is 0.753. The summed E-state index contributed by atoms with van der Waals surface area (Å²) >= 11 is 2.88. The van der Waals surface area contributed by atoms with E-state index >= 15 is 0 Å². The van der Waals surface area contributed by atoms with Gasteiger partial charge in [0, 0.05) is 0 Å². The SMILES string of the molecule is [Se]=c1[nH]oc2ccccc12. The van der Waals surface area contributed by atoms with Crippen LogP contribution < -0.4 is 0 Å². The molecule has 2 rings (SSSR count). The van der Waals surface area contributed by atoms with E-state index in [2.05, 4.69) is 20.7 Å². The molecule has 0 saturated carbocycles. The van der Waals surface area contributed by atoms with Crippen LogP contribution in [0.15, 0.2) is 28.8 Å².